The van der Waals surface area contributed by atoms with E-state index >= 15 is 0 Å². The summed E-state index contributed by atoms with van der Waals surface area (Å²) >= 11 is 1.39. The van der Waals surface area contributed by atoms with Gasteiger partial charge < -0.3 is 14.4 Å². The van der Waals surface area contributed by atoms with Gasteiger partial charge in [0.05, 0.1) is 26.8 Å². The number of anilines is 1. The van der Waals surface area contributed by atoms with Gasteiger partial charge in [0.1, 0.15) is 17.3 Å². The minimum absolute atomic E-state index is 0.0261. The number of ketones is 1. The van der Waals surface area contributed by atoms with Crippen molar-refractivity contribution in [3.63, 3.8) is 0 Å². The molecule has 3 heterocycles. The number of fused-ring (bicyclic) bond motifs is 1. The van der Waals surface area contributed by atoms with Crippen molar-refractivity contribution in [2.45, 2.75) is 51.6 Å². The Morgan fingerprint density at radius 2 is 1.89 bits per heavy atom. The number of thiazole rings is 1. The molecular weight excluding hydrogens is 500 g/mol. The molecule has 0 aliphatic carbocycles. The highest BCUT2D eigenvalue weighted by Gasteiger charge is 2.36. The molecule has 0 N–H and O–H groups in total. The van der Waals surface area contributed by atoms with Gasteiger partial charge in [0.2, 0.25) is 0 Å². The maximum atomic E-state index is 13.7. The van der Waals surface area contributed by atoms with Crippen LogP contribution in [-0.2, 0) is 17.8 Å². The van der Waals surface area contributed by atoms with Gasteiger partial charge in [0, 0.05) is 30.5 Å². The Kier molecular flexibility index (Phi) is 7.46. The van der Waals surface area contributed by atoms with Crippen LogP contribution in [0.25, 0.3) is 10.3 Å². The van der Waals surface area contributed by atoms with E-state index in [2.05, 4.69) is 0 Å². The lowest BCUT2D eigenvalue weighted by Crippen LogP contribution is -2.52. The number of hydrogen-bond acceptors (Lipinski definition) is 8. The van der Waals surface area contributed by atoms with Crippen molar-refractivity contribution in [3.05, 3.63) is 75.8 Å². The third kappa shape index (κ3) is 5.03. The zero-order valence-electron chi connectivity index (χ0n) is 22.1. The summed E-state index contributed by atoms with van der Waals surface area (Å²) in [6.45, 7) is 5.10. The Labute approximate surface area is 225 Å². The molecule has 0 saturated carbocycles. The normalized spacial score (nSPS) is 15.1. The topological polar surface area (TPSA) is 86.5 Å². The molecule has 1 saturated heterocycles. The molecule has 8 nitrogen and oxygen atoms in total. The first kappa shape index (κ1) is 25.9. The molecule has 1 fully saturated rings. The summed E-state index contributed by atoms with van der Waals surface area (Å²) in [5.74, 6) is 2.25. The molecule has 0 spiro atoms. The lowest BCUT2D eigenvalue weighted by Gasteiger charge is -2.39. The number of rotatable bonds is 10. The molecule has 1 atom stereocenters. The standard InChI is InChI=1S/C29H32N4O4S/c1-18(2)26-31-27-25(28(35)33(26)17-20-11-12-21(36-3)16-24(20)37-4)30-29(38-27)32-15-14-22(32)23(34)13-10-19-8-6-5-7-9-19/h5-9,11-12,16,18,22H,10,13-15,17H2,1-4H3/t22-/m1/s1. The van der Waals surface area contributed by atoms with Gasteiger partial charge in [-0.15, -0.1) is 0 Å². The molecule has 4 aromatic rings. The first-order valence-corrected chi connectivity index (χ1v) is 13.7. The summed E-state index contributed by atoms with van der Waals surface area (Å²) in [4.78, 5) is 38.9. The van der Waals surface area contributed by atoms with Crippen LogP contribution >= 0.6 is 11.3 Å². The molecule has 9 heteroatoms. The van der Waals surface area contributed by atoms with E-state index in [4.69, 9.17) is 19.4 Å². The Balaban J connectivity index is 1.43. The van der Waals surface area contributed by atoms with E-state index in [1.807, 2.05) is 61.2 Å². The molecule has 5 rings (SSSR count). The predicted octanol–water partition coefficient (Wildman–Crippen LogP) is 4.82. The van der Waals surface area contributed by atoms with Crippen molar-refractivity contribution in [2.24, 2.45) is 0 Å². The van der Waals surface area contributed by atoms with Crippen LogP contribution in [0, 0.1) is 0 Å². The number of hydrogen-bond donors (Lipinski definition) is 0. The zero-order chi connectivity index (χ0) is 26.8. The molecule has 1 aliphatic heterocycles. The molecule has 1 aliphatic rings. The largest absolute Gasteiger partial charge is 0.497 e. The number of aromatic nitrogens is 3. The fourth-order valence-corrected chi connectivity index (χ4v) is 5.83. The van der Waals surface area contributed by atoms with Crippen molar-refractivity contribution >= 4 is 32.6 Å². The number of carbonyl (C=O) groups is 1. The summed E-state index contributed by atoms with van der Waals surface area (Å²) in [6, 6.07) is 15.4. The molecule has 0 amide bonds. The van der Waals surface area contributed by atoms with Gasteiger partial charge in [0.15, 0.2) is 21.3 Å². The highest BCUT2D eigenvalue weighted by atomic mass is 32.1. The Hall–Kier alpha value is -3.72. The molecule has 2 aromatic heterocycles. The SMILES string of the molecule is COc1ccc(Cn2c(C(C)C)nc3sc(N4CC[C@@H]4C(=O)CCc4ccccc4)nc3c2=O)c(OC)c1. The van der Waals surface area contributed by atoms with Crippen molar-refractivity contribution in [1.29, 1.82) is 0 Å². The third-order valence-electron chi connectivity index (χ3n) is 7.02. The lowest BCUT2D eigenvalue weighted by molar-refractivity contribution is -0.121. The lowest BCUT2D eigenvalue weighted by atomic mass is 9.95. The van der Waals surface area contributed by atoms with Crippen molar-refractivity contribution in [2.75, 3.05) is 25.7 Å². The van der Waals surface area contributed by atoms with Crippen LogP contribution in [0.2, 0.25) is 0 Å². The summed E-state index contributed by atoms with van der Waals surface area (Å²) in [5.41, 5.74) is 2.16. The van der Waals surface area contributed by atoms with Crippen molar-refractivity contribution in [1.82, 2.24) is 14.5 Å². The number of nitrogens with zero attached hydrogens (tertiary/aromatic N) is 4. The van der Waals surface area contributed by atoms with E-state index in [1.165, 1.54) is 11.3 Å². The summed E-state index contributed by atoms with van der Waals surface area (Å²) in [7, 11) is 3.20. The minimum atomic E-state index is -0.199. The zero-order valence-corrected chi connectivity index (χ0v) is 23.0. The quantitative estimate of drug-likeness (QED) is 0.289. The van der Waals surface area contributed by atoms with Crippen LogP contribution in [0.4, 0.5) is 5.13 Å². The number of ether oxygens (including phenoxy) is 2. The highest BCUT2D eigenvalue weighted by molar-refractivity contribution is 7.21. The first-order valence-electron chi connectivity index (χ1n) is 12.8. The number of methoxy groups -OCH3 is 2. The Morgan fingerprint density at radius 3 is 2.55 bits per heavy atom. The van der Waals surface area contributed by atoms with Gasteiger partial charge in [-0.2, -0.15) is 0 Å². The summed E-state index contributed by atoms with van der Waals surface area (Å²) < 4.78 is 12.6. The minimum Gasteiger partial charge on any atom is -0.497 e. The Morgan fingerprint density at radius 1 is 1.11 bits per heavy atom. The summed E-state index contributed by atoms with van der Waals surface area (Å²) in [5, 5.41) is 0.684. The third-order valence-corrected chi connectivity index (χ3v) is 8.00. The first-order chi connectivity index (χ1) is 18.4. The van der Waals surface area contributed by atoms with Crippen LogP contribution in [0.1, 0.15) is 49.6 Å². The van der Waals surface area contributed by atoms with Gasteiger partial charge in [-0.25, -0.2) is 9.97 Å². The second-order valence-corrected chi connectivity index (χ2v) is 10.7. The number of benzene rings is 2. The Bertz CT molecular complexity index is 1510. The number of aryl methyl sites for hydroxylation is 1. The molecule has 0 radical (unpaired) electrons. The van der Waals surface area contributed by atoms with Crippen LogP contribution in [0.15, 0.2) is 53.3 Å². The van der Waals surface area contributed by atoms with Crippen LogP contribution in [-0.4, -0.2) is 47.1 Å². The fourth-order valence-electron chi connectivity index (χ4n) is 4.81. The molecule has 0 bridgehead atoms. The molecule has 38 heavy (non-hydrogen) atoms. The maximum absolute atomic E-state index is 13.7. The number of carbonyl (C=O) groups excluding carboxylic acids is 1. The average molecular weight is 533 g/mol. The maximum Gasteiger partial charge on any atom is 0.281 e. The van der Waals surface area contributed by atoms with E-state index in [0.29, 0.717) is 45.8 Å². The number of Topliss-reactive ketones (excluding diaryl/α,β-unsaturated/α-hetero) is 1. The molecular formula is C29H32N4O4S. The van der Waals surface area contributed by atoms with Crippen LogP contribution < -0.4 is 19.9 Å². The van der Waals surface area contributed by atoms with Crippen molar-refractivity contribution < 1.29 is 14.3 Å². The predicted molar refractivity (Wildman–Crippen MR) is 150 cm³/mol. The average Bonchev–Trinajstić information content (AvgIpc) is 3.32. The molecule has 2 aromatic carbocycles. The van der Waals surface area contributed by atoms with Gasteiger partial charge in [-0.1, -0.05) is 55.5 Å². The molecule has 198 valence electrons. The van der Waals surface area contributed by atoms with Gasteiger partial charge in [-0.05, 0) is 30.5 Å². The summed E-state index contributed by atoms with van der Waals surface area (Å²) in [6.07, 6.45) is 2.01. The van der Waals surface area contributed by atoms with Crippen LogP contribution in [0.5, 0.6) is 11.5 Å². The van der Waals surface area contributed by atoms with Gasteiger partial charge in [0.25, 0.3) is 5.56 Å². The van der Waals surface area contributed by atoms with E-state index < -0.39 is 0 Å². The second-order valence-electron chi connectivity index (χ2n) is 9.79. The second kappa shape index (κ2) is 10.9. The van der Waals surface area contributed by atoms with E-state index in [9.17, 15) is 9.59 Å². The van der Waals surface area contributed by atoms with E-state index in [1.54, 1.807) is 24.9 Å². The smallest absolute Gasteiger partial charge is 0.281 e. The van der Waals surface area contributed by atoms with E-state index in [-0.39, 0.29) is 23.3 Å². The highest BCUT2D eigenvalue weighted by Crippen LogP contribution is 2.34. The van der Waals surface area contributed by atoms with Gasteiger partial charge in [-0.3, -0.25) is 14.2 Å². The van der Waals surface area contributed by atoms with Crippen LogP contribution in [0.3, 0.4) is 0 Å². The fraction of sp³-hybridized carbons (Fsp3) is 0.379. The monoisotopic (exact) mass is 532 g/mol. The molecule has 0 unspecified atom stereocenters. The van der Waals surface area contributed by atoms with E-state index in [0.717, 1.165) is 30.5 Å². The van der Waals surface area contributed by atoms with Crippen molar-refractivity contribution in [3.8, 4) is 11.5 Å². The van der Waals surface area contributed by atoms with Gasteiger partial charge >= 0.3 is 0 Å².